The summed E-state index contributed by atoms with van der Waals surface area (Å²) >= 11 is 0. The highest BCUT2D eigenvalue weighted by molar-refractivity contribution is 6.08. The molecule has 0 amide bonds. The summed E-state index contributed by atoms with van der Waals surface area (Å²) < 4.78 is 0. The normalized spacial score (nSPS) is 20.4. The first-order valence-electron chi connectivity index (χ1n) is 3.59. The smallest absolute Gasteiger partial charge is 0.0609 e. The first-order valence-corrected chi connectivity index (χ1v) is 3.59. The van der Waals surface area contributed by atoms with Crippen LogP contribution in [0.15, 0.2) is 48.6 Å². The third-order valence-electron chi connectivity index (χ3n) is 1.46. The van der Waals surface area contributed by atoms with Crippen molar-refractivity contribution in [2.45, 2.75) is 6.42 Å². The van der Waals surface area contributed by atoms with E-state index in [9.17, 15) is 0 Å². The van der Waals surface area contributed by atoms with Crippen molar-refractivity contribution in [2.75, 3.05) is 0 Å². The van der Waals surface area contributed by atoms with Gasteiger partial charge in [-0.1, -0.05) is 37.0 Å². The van der Waals surface area contributed by atoms with Gasteiger partial charge in [-0.05, 0) is 18.1 Å². The Hall–Kier alpha value is -1.37. The van der Waals surface area contributed by atoms with E-state index in [1.165, 1.54) is 0 Å². The van der Waals surface area contributed by atoms with Gasteiger partial charge in [0, 0.05) is 0 Å². The predicted octanol–water partition coefficient (Wildman–Crippen LogP) is 2.63. The fourth-order valence-corrected chi connectivity index (χ4v) is 0.918. The molecule has 0 fully saturated rings. The molecule has 1 aliphatic rings. The maximum atomic E-state index is 7.54. The van der Waals surface area contributed by atoms with Crippen LogP contribution in [0.4, 0.5) is 0 Å². The van der Waals surface area contributed by atoms with E-state index in [0.717, 1.165) is 12.0 Å². The molecule has 1 aliphatic carbocycles. The van der Waals surface area contributed by atoms with Gasteiger partial charge in [-0.15, -0.1) is 0 Å². The minimum Gasteiger partial charge on any atom is -0.300 e. The van der Waals surface area contributed by atoms with Gasteiger partial charge in [0.1, 0.15) is 0 Å². The van der Waals surface area contributed by atoms with Crippen LogP contribution in [0.1, 0.15) is 6.42 Å². The molecule has 0 aromatic heterocycles. The van der Waals surface area contributed by atoms with Gasteiger partial charge in [0.05, 0.1) is 5.71 Å². The topological polar surface area (TPSA) is 23.9 Å². The van der Waals surface area contributed by atoms with E-state index < -0.39 is 0 Å². The minimum absolute atomic E-state index is 0.554. The first-order chi connectivity index (χ1) is 5.34. The Morgan fingerprint density at radius 1 is 1.36 bits per heavy atom. The van der Waals surface area contributed by atoms with Crippen LogP contribution >= 0.6 is 0 Å². The molecule has 0 unspecified atom stereocenters. The molecule has 0 saturated heterocycles. The van der Waals surface area contributed by atoms with Gasteiger partial charge in [0.25, 0.3) is 0 Å². The van der Waals surface area contributed by atoms with Crippen molar-refractivity contribution in [3.63, 3.8) is 0 Å². The molecule has 0 saturated carbocycles. The summed E-state index contributed by atoms with van der Waals surface area (Å²) in [6, 6.07) is 0. The van der Waals surface area contributed by atoms with E-state index in [4.69, 9.17) is 5.41 Å². The molecule has 0 atom stereocenters. The van der Waals surface area contributed by atoms with Crippen LogP contribution in [0, 0.1) is 5.41 Å². The Kier molecular flexibility index (Phi) is 2.61. The quantitative estimate of drug-likeness (QED) is 0.586. The minimum atomic E-state index is 0.554. The molecule has 0 heterocycles. The van der Waals surface area contributed by atoms with Crippen LogP contribution in [0.5, 0.6) is 0 Å². The lowest BCUT2D eigenvalue weighted by Crippen LogP contribution is -1.91. The molecule has 1 nitrogen and oxygen atoms in total. The van der Waals surface area contributed by atoms with E-state index >= 15 is 0 Å². The Morgan fingerprint density at radius 2 is 2.09 bits per heavy atom. The Balaban J connectivity index is 2.93. The maximum absolute atomic E-state index is 7.54. The van der Waals surface area contributed by atoms with Crippen molar-refractivity contribution < 1.29 is 0 Å². The molecule has 56 valence electrons. The molecule has 0 radical (unpaired) electrons. The number of hydrogen-bond acceptors (Lipinski definition) is 1. The van der Waals surface area contributed by atoms with Crippen molar-refractivity contribution >= 4 is 5.71 Å². The fourth-order valence-electron chi connectivity index (χ4n) is 0.918. The molecule has 0 spiro atoms. The second-order valence-electron chi connectivity index (χ2n) is 2.31. The largest absolute Gasteiger partial charge is 0.300 e. The third kappa shape index (κ3) is 2.04. The molecule has 1 rings (SSSR count). The van der Waals surface area contributed by atoms with Gasteiger partial charge < -0.3 is 5.41 Å². The molecular weight excluding hydrogens is 134 g/mol. The number of hydrogen-bond donors (Lipinski definition) is 1. The highest BCUT2D eigenvalue weighted by Gasteiger charge is 1.97. The van der Waals surface area contributed by atoms with E-state index in [0.29, 0.717) is 5.71 Å². The summed E-state index contributed by atoms with van der Waals surface area (Å²) in [5.41, 5.74) is 1.48. The van der Waals surface area contributed by atoms with E-state index in [1.54, 1.807) is 6.08 Å². The SMILES string of the molecule is C=C/C=C1/C=CCC=CC1=N. The third-order valence-corrected chi connectivity index (χ3v) is 1.46. The van der Waals surface area contributed by atoms with Crippen molar-refractivity contribution in [1.29, 1.82) is 5.41 Å². The van der Waals surface area contributed by atoms with Crippen molar-refractivity contribution in [1.82, 2.24) is 0 Å². The monoisotopic (exact) mass is 145 g/mol. The molecule has 0 aromatic rings. The van der Waals surface area contributed by atoms with Crippen LogP contribution in [0.3, 0.4) is 0 Å². The number of allylic oxidation sites excluding steroid dienone is 7. The fraction of sp³-hybridized carbons (Fsp3) is 0.100. The first kappa shape index (κ1) is 7.73. The van der Waals surface area contributed by atoms with Crippen molar-refractivity contribution in [3.05, 3.63) is 48.6 Å². The lowest BCUT2D eigenvalue weighted by Gasteiger charge is -1.94. The van der Waals surface area contributed by atoms with Crippen molar-refractivity contribution in [2.24, 2.45) is 0 Å². The van der Waals surface area contributed by atoms with E-state index in [2.05, 4.69) is 6.58 Å². The molecule has 0 aliphatic heterocycles. The molecule has 0 aromatic carbocycles. The summed E-state index contributed by atoms with van der Waals surface area (Å²) in [4.78, 5) is 0. The Morgan fingerprint density at radius 3 is 2.82 bits per heavy atom. The van der Waals surface area contributed by atoms with E-state index in [1.807, 2.05) is 30.4 Å². The lowest BCUT2D eigenvalue weighted by molar-refractivity contribution is 1.41. The molecule has 11 heavy (non-hydrogen) atoms. The molecule has 1 N–H and O–H groups in total. The Bertz CT molecular complexity index is 254. The van der Waals surface area contributed by atoms with Crippen LogP contribution < -0.4 is 0 Å². The van der Waals surface area contributed by atoms with Crippen LogP contribution in [0.2, 0.25) is 0 Å². The summed E-state index contributed by atoms with van der Waals surface area (Å²) in [7, 11) is 0. The molecule has 1 heteroatoms. The molecule has 0 bridgehead atoms. The lowest BCUT2D eigenvalue weighted by atomic mass is 10.1. The zero-order valence-corrected chi connectivity index (χ0v) is 6.38. The average Bonchev–Trinajstić information content (AvgIpc) is 2.18. The van der Waals surface area contributed by atoms with E-state index in [-0.39, 0.29) is 0 Å². The van der Waals surface area contributed by atoms with Crippen LogP contribution in [0.25, 0.3) is 0 Å². The number of nitrogens with one attached hydrogen (secondary N) is 1. The van der Waals surface area contributed by atoms with Crippen LogP contribution in [-0.2, 0) is 0 Å². The predicted molar refractivity (Wildman–Crippen MR) is 48.9 cm³/mol. The van der Waals surface area contributed by atoms with Gasteiger partial charge in [0.2, 0.25) is 0 Å². The van der Waals surface area contributed by atoms with Gasteiger partial charge in [0.15, 0.2) is 0 Å². The van der Waals surface area contributed by atoms with Crippen molar-refractivity contribution in [3.8, 4) is 0 Å². The highest BCUT2D eigenvalue weighted by atomic mass is 14.4. The van der Waals surface area contributed by atoms with Crippen LogP contribution in [-0.4, -0.2) is 5.71 Å². The highest BCUT2D eigenvalue weighted by Crippen LogP contribution is 2.06. The Labute approximate surface area is 66.9 Å². The second kappa shape index (κ2) is 3.71. The van der Waals surface area contributed by atoms with Gasteiger partial charge >= 0.3 is 0 Å². The number of rotatable bonds is 1. The van der Waals surface area contributed by atoms with Gasteiger partial charge in [-0.3, -0.25) is 0 Å². The summed E-state index contributed by atoms with van der Waals surface area (Å²) in [6.45, 7) is 3.59. The zero-order valence-electron chi connectivity index (χ0n) is 6.38. The second-order valence-corrected chi connectivity index (χ2v) is 2.31. The maximum Gasteiger partial charge on any atom is 0.0609 e. The molecular formula is C10H11N. The summed E-state index contributed by atoms with van der Waals surface area (Å²) in [5, 5.41) is 7.54. The van der Waals surface area contributed by atoms with Gasteiger partial charge in [-0.2, -0.15) is 0 Å². The standard InChI is InChI=1S/C10H11N/c1-2-6-9-7-4-3-5-8-10(9)11/h2,4-8,11H,1,3H2/b9-6-,11-10?. The zero-order chi connectivity index (χ0) is 8.10. The summed E-state index contributed by atoms with van der Waals surface area (Å²) in [5.74, 6) is 0. The van der Waals surface area contributed by atoms with Gasteiger partial charge in [-0.25, -0.2) is 0 Å². The summed E-state index contributed by atoms with van der Waals surface area (Å²) in [6.07, 6.45) is 12.2. The average molecular weight is 145 g/mol.